The monoisotopic (exact) mass is 253 g/mol. The Hall–Kier alpha value is -0.120. The third-order valence-electron chi connectivity index (χ3n) is 4.67. The molecular formula is C15H31N3. The Labute approximate surface area is 113 Å². The van der Waals surface area contributed by atoms with Gasteiger partial charge in [-0.2, -0.15) is 0 Å². The quantitative estimate of drug-likeness (QED) is 0.806. The van der Waals surface area contributed by atoms with E-state index < -0.39 is 0 Å². The Morgan fingerprint density at radius 3 is 2.39 bits per heavy atom. The van der Waals surface area contributed by atoms with Crippen molar-refractivity contribution in [3.05, 3.63) is 0 Å². The van der Waals surface area contributed by atoms with Crippen LogP contribution in [0.4, 0.5) is 0 Å². The molecule has 18 heavy (non-hydrogen) atoms. The van der Waals surface area contributed by atoms with E-state index in [1.165, 1.54) is 71.4 Å². The van der Waals surface area contributed by atoms with E-state index in [2.05, 4.69) is 29.1 Å². The van der Waals surface area contributed by atoms with E-state index in [4.69, 9.17) is 0 Å². The Morgan fingerprint density at radius 2 is 1.78 bits per heavy atom. The van der Waals surface area contributed by atoms with E-state index in [9.17, 15) is 0 Å². The molecule has 0 spiro atoms. The first kappa shape index (κ1) is 14.3. The lowest BCUT2D eigenvalue weighted by molar-refractivity contribution is 0.0980. The van der Waals surface area contributed by atoms with Crippen LogP contribution in [0.5, 0.6) is 0 Å². The van der Waals surface area contributed by atoms with Gasteiger partial charge in [0.2, 0.25) is 0 Å². The number of piperidine rings is 2. The third kappa shape index (κ3) is 4.22. The van der Waals surface area contributed by atoms with Crippen LogP contribution in [0.3, 0.4) is 0 Å². The Kier molecular flexibility index (Phi) is 5.93. The zero-order chi connectivity index (χ0) is 12.8. The lowest BCUT2D eigenvalue weighted by Crippen LogP contribution is -2.46. The van der Waals surface area contributed by atoms with Crippen molar-refractivity contribution in [1.29, 1.82) is 0 Å². The van der Waals surface area contributed by atoms with Crippen molar-refractivity contribution < 1.29 is 0 Å². The minimum Gasteiger partial charge on any atom is -0.317 e. The second kappa shape index (κ2) is 7.46. The van der Waals surface area contributed by atoms with E-state index in [0.29, 0.717) is 0 Å². The summed E-state index contributed by atoms with van der Waals surface area (Å²) in [6.07, 6.45) is 6.82. The Balaban J connectivity index is 1.82. The average molecular weight is 253 g/mol. The van der Waals surface area contributed by atoms with Crippen molar-refractivity contribution in [2.24, 2.45) is 5.92 Å². The van der Waals surface area contributed by atoms with Crippen molar-refractivity contribution in [2.75, 3.05) is 46.3 Å². The van der Waals surface area contributed by atoms with E-state index in [1.54, 1.807) is 0 Å². The highest BCUT2D eigenvalue weighted by molar-refractivity contribution is 4.81. The predicted molar refractivity (Wildman–Crippen MR) is 78.0 cm³/mol. The van der Waals surface area contributed by atoms with Crippen LogP contribution in [0, 0.1) is 5.92 Å². The number of hydrogen-bond donors (Lipinski definition) is 1. The van der Waals surface area contributed by atoms with Crippen LogP contribution in [0.2, 0.25) is 0 Å². The normalized spacial score (nSPS) is 24.8. The maximum Gasteiger partial charge on any atom is 0.0120 e. The smallest absolute Gasteiger partial charge is 0.0120 e. The highest BCUT2D eigenvalue weighted by Crippen LogP contribution is 2.20. The van der Waals surface area contributed by atoms with Gasteiger partial charge in [0.25, 0.3) is 0 Å². The number of nitrogens with zero attached hydrogens (tertiary/aromatic N) is 2. The second-order valence-electron chi connectivity index (χ2n) is 6.22. The summed E-state index contributed by atoms with van der Waals surface area (Å²) in [7, 11) is 2.26. The molecule has 0 amide bonds. The maximum atomic E-state index is 3.48. The molecule has 0 aliphatic carbocycles. The van der Waals surface area contributed by atoms with Gasteiger partial charge in [-0.3, -0.25) is 0 Å². The van der Waals surface area contributed by atoms with Crippen LogP contribution in [0.1, 0.15) is 39.0 Å². The standard InChI is InChI=1S/C15H31N3/c1-3-10-18(13-14-4-8-16-9-5-14)15-6-11-17(2)12-7-15/h14-16H,3-13H2,1-2H3. The van der Waals surface area contributed by atoms with Gasteiger partial charge in [0.15, 0.2) is 0 Å². The number of rotatable bonds is 5. The summed E-state index contributed by atoms with van der Waals surface area (Å²) in [4.78, 5) is 5.29. The highest BCUT2D eigenvalue weighted by atomic mass is 15.2. The van der Waals surface area contributed by atoms with Crippen LogP contribution in [0.15, 0.2) is 0 Å². The van der Waals surface area contributed by atoms with Gasteiger partial charge in [-0.15, -0.1) is 0 Å². The fourth-order valence-corrected chi connectivity index (χ4v) is 3.47. The van der Waals surface area contributed by atoms with Crippen LogP contribution in [0.25, 0.3) is 0 Å². The van der Waals surface area contributed by atoms with Gasteiger partial charge >= 0.3 is 0 Å². The first-order valence-corrected chi connectivity index (χ1v) is 7.93. The fraction of sp³-hybridized carbons (Fsp3) is 1.00. The molecule has 0 unspecified atom stereocenters. The lowest BCUT2D eigenvalue weighted by atomic mass is 9.95. The zero-order valence-electron chi connectivity index (χ0n) is 12.3. The summed E-state index contributed by atoms with van der Waals surface area (Å²) >= 11 is 0. The van der Waals surface area contributed by atoms with Crippen molar-refractivity contribution >= 4 is 0 Å². The Bertz CT molecular complexity index is 218. The molecular weight excluding hydrogens is 222 g/mol. The van der Waals surface area contributed by atoms with Crippen LogP contribution >= 0.6 is 0 Å². The van der Waals surface area contributed by atoms with Crippen molar-refractivity contribution in [1.82, 2.24) is 15.1 Å². The molecule has 2 rings (SSSR count). The molecule has 0 bridgehead atoms. The fourth-order valence-electron chi connectivity index (χ4n) is 3.47. The van der Waals surface area contributed by atoms with Gasteiger partial charge in [0, 0.05) is 12.6 Å². The number of nitrogens with one attached hydrogen (secondary N) is 1. The molecule has 2 aliphatic rings. The summed E-state index contributed by atoms with van der Waals surface area (Å²) < 4.78 is 0. The van der Waals surface area contributed by atoms with Crippen LogP contribution < -0.4 is 5.32 Å². The van der Waals surface area contributed by atoms with E-state index in [0.717, 1.165) is 12.0 Å². The summed E-state index contributed by atoms with van der Waals surface area (Å²) in [6, 6.07) is 0.857. The van der Waals surface area contributed by atoms with Crippen molar-refractivity contribution in [2.45, 2.75) is 45.1 Å². The highest BCUT2D eigenvalue weighted by Gasteiger charge is 2.25. The molecule has 3 nitrogen and oxygen atoms in total. The molecule has 106 valence electrons. The maximum absolute atomic E-state index is 3.48. The van der Waals surface area contributed by atoms with Gasteiger partial charge in [0.1, 0.15) is 0 Å². The summed E-state index contributed by atoms with van der Waals surface area (Å²) in [6.45, 7) is 10.0. The van der Waals surface area contributed by atoms with E-state index in [-0.39, 0.29) is 0 Å². The van der Waals surface area contributed by atoms with E-state index >= 15 is 0 Å². The largest absolute Gasteiger partial charge is 0.317 e. The van der Waals surface area contributed by atoms with Crippen LogP contribution in [-0.4, -0.2) is 62.2 Å². The molecule has 2 aliphatic heterocycles. The SMILES string of the molecule is CCCN(CC1CCNCC1)C1CCN(C)CC1. The predicted octanol–water partition coefficient (Wildman–Crippen LogP) is 1.79. The van der Waals surface area contributed by atoms with Crippen molar-refractivity contribution in [3.8, 4) is 0 Å². The first-order valence-electron chi connectivity index (χ1n) is 7.93. The van der Waals surface area contributed by atoms with Gasteiger partial charge < -0.3 is 15.1 Å². The summed E-state index contributed by atoms with van der Waals surface area (Å²) in [5.74, 6) is 0.942. The molecule has 2 heterocycles. The molecule has 3 heteroatoms. The van der Waals surface area contributed by atoms with E-state index in [1.807, 2.05) is 0 Å². The molecule has 0 aromatic rings. The third-order valence-corrected chi connectivity index (χ3v) is 4.67. The molecule has 0 radical (unpaired) electrons. The summed E-state index contributed by atoms with van der Waals surface area (Å²) in [5.41, 5.74) is 0. The molecule has 2 saturated heterocycles. The Morgan fingerprint density at radius 1 is 1.11 bits per heavy atom. The zero-order valence-corrected chi connectivity index (χ0v) is 12.3. The molecule has 0 aromatic heterocycles. The van der Waals surface area contributed by atoms with Gasteiger partial charge in [-0.1, -0.05) is 6.92 Å². The van der Waals surface area contributed by atoms with Crippen LogP contribution in [-0.2, 0) is 0 Å². The van der Waals surface area contributed by atoms with Gasteiger partial charge in [-0.05, 0) is 77.8 Å². The second-order valence-corrected chi connectivity index (χ2v) is 6.22. The minimum absolute atomic E-state index is 0.857. The topological polar surface area (TPSA) is 18.5 Å². The van der Waals surface area contributed by atoms with Gasteiger partial charge in [0.05, 0.1) is 0 Å². The molecule has 2 fully saturated rings. The average Bonchev–Trinajstić information content (AvgIpc) is 2.40. The van der Waals surface area contributed by atoms with Gasteiger partial charge in [-0.25, -0.2) is 0 Å². The van der Waals surface area contributed by atoms with Crippen molar-refractivity contribution in [3.63, 3.8) is 0 Å². The minimum atomic E-state index is 0.857. The first-order chi connectivity index (χ1) is 8.79. The molecule has 0 atom stereocenters. The molecule has 1 N–H and O–H groups in total. The number of hydrogen-bond acceptors (Lipinski definition) is 3. The summed E-state index contributed by atoms with van der Waals surface area (Å²) in [5, 5.41) is 3.48. The lowest BCUT2D eigenvalue weighted by Gasteiger charge is -2.39. The molecule has 0 aromatic carbocycles. The molecule has 0 saturated carbocycles. The number of likely N-dealkylation sites (tertiary alicyclic amines) is 1.